The molecule has 5 N–H and O–H groups in total. The molecule has 1 aliphatic heterocycles. The fourth-order valence-corrected chi connectivity index (χ4v) is 2.39. The van der Waals surface area contributed by atoms with Crippen LogP contribution in [0.15, 0.2) is 6.20 Å². The van der Waals surface area contributed by atoms with Crippen LogP contribution < -0.4 is 16.8 Å². The van der Waals surface area contributed by atoms with Gasteiger partial charge in [-0.3, -0.25) is 14.5 Å². The van der Waals surface area contributed by atoms with Crippen molar-refractivity contribution in [3.63, 3.8) is 0 Å². The Labute approximate surface area is 122 Å². The van der Waals surface area contributed by atoms with Crippen LogP contribution in [0.4, 0.5) is 0 Å². The topological polar surface area (TPSA) is 132 Å². The van der Waals surface area contributed by atoms with Crippen molar-refractivity contribution in [3.8, 4) is 0 Å². The summed E-state index contributed by atoms with van der Waals surface area (Å²) in [7, 11) is 0. The van der Waals surface area contributed by atoms with Crippen molar-refractivity contribution in [3.05, 3.63) is 11.9 Å². The molecule has 1 aromatic rings. The van der Waals surface area contributed by atoms with Crippen molar-refractivity contribution < 1.29 is 9.59 Å². The van der Waals surface area contributed by atoms with Gasteiger partial charge in [0.1, 0.15) is 6.54 Å². The van der Waals surface area contributed by atoms with Gasteiger partial charge in [0.15, 0.2) is 0 Å². The maximum absolute atomic E-state index is 11.9. The van der Waals surface area contributed by atoms with Crippen LogP contribution in [-0.4, -0.2) is 57.4 Å². The van der Waals surface area contributed by atoms with E-state index in [1.54, 1.807) is 6.20 Å². The van der Waals surface area contributed by atoms with E-state index in [0.717, 1.165) is 25.9 Å². The second-order valence-electron chi connectivity index (χ2n) is 5.20. The second kappa shape index (κ2) is 7.14. The molecule has 0 unspecified atom stereocenters. The van der Waals surface area contributed by atoms with Gasteiger partial charge in [0.2, 0.25) is 11.8 Å². The van der Waals surface area contributed by atoms with Crippen LogP contribution >= 0.6 is 0 Å². The Morgan fingerprint density at radius 3 is 2.62 bits per heavy atom. The predicted molar refractivity (Wildman–Crippen MR) is 74.7 cm³/mol. The molecule has 1 aromatic heterocycles. The smallest absolute Gasteiger partial charge is 0.242 e. The predicted octanol–water partition coefficient (Wildman–Crippen LogP) is -2.20. The Morgan fingerprint density at radius 1 is 1.33 bits per heavy atom. The highest BCUT2D eigenvalue weighted by Gasteiger charge is 2.21. The first kappa shape index (κ1) is 15.4. The third-order valence-electron chi connectivity index (χ3n) is 3.43. The summed E-state index contributed by atoms with van der Waals surface area (Å²) in [5.74, 6) is -0.420. The van der Waals surface area contributed by atoms with Gasteiger partial charge in [0.05, 0.1) is 18.4 Å². The molecular formula is C12H21N7O2. The quantitative estimate of drug-likeness (QED) is 0.546. The van der Waals surface area contributed by atoms with Crippen molar-refractivity contribution in [2.45, 2.75) is 32.0 Å². The molecule has 9 nitrogen and oxygen atoms in total. The average molecular weight is 295 g/mol. The molecule has 2 rings (SSSR count). The Balaban J connectivity index is 1.72. The number of carbonyl (C=O) groups is 2. The fraction of sp³-hybridized carbons (Fsp3) is 0.667. The third kappa shape index (κ3) is 4.80. The van der Waals surface area contributed by atoms with Crippen molar-refractivity contribution in [2.24, 2.45) is 11.5 Å². The normalized spacial score (nSPS) is 16.8. The lowest BCUT2D eigenvalue weighted by Crippen LogP contribution is -2.47. The molecular weight excluding hydrogens is 274 g/mol. The lowest BCUT2D eigenvalue weighted by atomic mass is 10.1. The minimum atomic E-state index is -0.320. The molecule has 0 bridgehead atoms. The van der Waals surface area contributed by atoms with Gasteiger partial charge in [-0.15, -0.1) is 5.10 Å². The summed E-state index contributed by atoms with van der Waals surface area (Å²) in [4.78, 5) is 24.8. The van der Waals surface area contributed by atoms with E-state index < -0.39 is 0 Å². The lowest BCUT2D eigenvalue weighted by Gasteiger charge is -2.31. The number of hydrogen-bond acceptors (Lipinski definition) is 6. The number of rotatable bonds is 6. The molecule has 2 heterocycles. The van der Waals surface area contributed by atoms with Crippen LogP contribution in [0.2, 0.25) is 0 Å². The highest BCUT2D eigenvalue weighted by Crippen LogP contribution is 2.09. The number of carbonyl (C=O) groups excluding carboxylic acids is 2. The van der Waals surface area contributed by atoms with E-state index in [1.165, 1.54) is 4.68 Å². The number of likely N-dealkylation sites (tertiary alicyclic amines) is 1. The zero-order valence-electron chi connectivity index (χ0n) is 11.9. The summed E-state index contributed by atoms with van der Waals surface area (Å²) in [6, 6.07) is 0.124. The van der Waals surface area contributed by atoms with Gasteiger partial charge in [-0.2, -0.15) is 0 Å². The highest BCUT2D eigenvalue weighted by molar-refractivity contribution is 5.76. The molecule has 0 radical (unpaired) electrons. The average Bonchev–Trinajstić information content (AvgIpc) is 2.88. The van der Waals surface area contributed by atoms with E-state index in [2.05, 4.69) is 15.6 Å². The molecule has 0 aromatic carbocycles. The monoisotopic (exact) mass is 295 g/mol. The molecule has 116 valence electrons. The minimum absolute atomic E-state index is 0.100. The van der Waals surface area contributed by atoms with Gasteiger partial charge in [-0.1, -0.05) is 5.21 Å². The van der Waals surface area contributed by atoms with Gasteiger partial charge in [-0.25, -0.2) is 4.68 Å². The summed E-state index contributed by atoms with van der Waals surface area (Å²) < 4.78 is 1.47. The summed E-state index contributed by atoms with van der Waals surface area (Å²) in [6.45, 7) is 2.24. The third-order valence-corrected chi connectivity index (χ3v) is 3.43. The van der Waals surface area contributed by atoms with E-state index in [9.17, 15) is 9.59 Å². The van der Waals surface area contributed by atoms with Crippen LogP contribution in [0.5, 0.6) is 0 Å². The van der Waals surface area contributed by atoms with Gasteiger partial charge < -0.3 is 16.8 Å². The number of primary amides is 1. The maximum atomic E-state index is 11.9. The zero-order chi connectivity index (χ0) is 15.2. The number of piperidine rings is 1. The Hall–Kier alpha value is -2.00. The number of nitrogens with one attached hydrogen (secondary N) is 1. The largest absolute Gasteiger partial charge is 0.369 e. The number of nitrogens with two attached hydrogens (primary N) is 2. The Morgan fingerprint density at radius 2 is 2.05 bits per heavy atom. The van der Waals surface area contributed by atoms with E-state index >= 15 is 0 Å². The molecule has 1 saturated heterocycles. The summed E-state index contributed by atoms with van der Waals surface area (Å²) in [6.07, 6.45) is 3.28. The fourth-order valence-electron chi connectivity index (χ4n) is 2.39. The van der Waals surface area contributed by atoms with Crippen LogP contribution in [0, 0.1) is 0 Å². The van der Waals surface area contributed by atoms with E-state index in [0.29, 0.717) is 12.2 Å². The molecule has 0 atom stereocenters. The molecule has 1 aliphatic rings. The SMILES string of the molecule is NCc1cn(CC(=O)NC2CCN(CC(N)=O)CC2)nn1. The van der Waals surface area contributed by atoms with Gasteiger partial charge in [0, 0.05) is 25.7 Å². The van der Waals surface area contributed by atoms with Crippen molar-refractivity contribution in [1.29, 1.82) is 0 Å². The highest BCUT2D eigenvalue weighted by atomic mass is 16.2. The molecule has 9 heteroatoms. The first-order valence-electron chi connectivity index (χ1n) is 6.96. The van der Waals surface area contributed by atoms with E-state index in [4.69, 9.17) is 11.5 Å². The number of aromatic nitrogens is 3. The van der Waals surface area contributed by atoms with Crippen LogP contribution in [0.25, 0.3) is 0 Å². The van der Waals surface area contributed by atoms with Gasteiger partial charge in [-0.05, 0) is 12.8 Å². The molecule has 21 heavy (non-hydrogen) atoms. The molecule has 0 saturated carbocycles. The zero-order valence-corrected chi connectivity index (χ0v) is 11.9. The van der Waals surface area contributed by atoms with Crippen LogP contribution in [0.3, 0.4) is 0 Å². The van der Waals surface area contributed by atoms with Gasteiger partial charge >= 0.3 is 0 Å². The number of amides is 2. The maximum Gasteiger partial charge on any atom is 0.242 e. The first-order valence-corrected chi connectivity index (χ1v) is 6.96. The van der Waals surface area contributed by atoms with Gasteiger partial charge in [0.25, 0.3) is 0 Å². The first-order chi connectivity index (χ1) is 10.1. The molecule has 0 spiro atoms. The standard InChI is InChI=1S/C12H21N7O2/c13-5-10-6-19(17-16-10)8-12(21)15-9-1-3-18(4-2-9)7-11(14)20/h6,9H,1-5,7-8,13H2,(H2,14,20)(H,15,21). The number of hydrogen-bond donors (Lipinski definition) is 3. The van der Waals surface area contributed by atoms with Crippen molar-refractivity contribution >= 4 is 11.8 Å². The van der Waals surface area contributed by atoms with Crippen molar-refractivity contribution in [1.82, 2.24) is 25.2 Å². The molecule has 0 aliphatic carbocycles. The lowest BCUT2D eigenvalue weighted by molar-refractivity contribution is -0.123. The Kier molecular flexibility index (Phi) is 5.23. The van der Waals surface area contributed by atoms with Crippen LogP contribution in [-0.2, 0) is 22.7 Å². The molecule has 2 amide bonds. The van der Waals surface area contributed by atoms with Crippen molar-refractivity contribution in [2.75, 3.05) is 19.6 Å². The second-order valence-corrected chi connectivity index (χ2v) is 5.20. The summed E-state index contributed by atoms with van der Waals surface area (Å²) >= 11 is 0. The minimum Gasteiger partial charge on any atom is -0.369 e. The summed E-state index contributed by atoms with van der Waals surface area (Å²) in [5.41, 5.74) is 11.3. The Bertz CT molecular complexity index is 494. The van der Waals surface area contributed by atoms with E-state index in [1.807, 2.05) is 4.90 Å². The number of nitrogens with zero attached hydrogens (tertiary/aromatic N) is 4. The summed E-state index contributed by atoms with van der Waals surface area (Å²) in [5, 5.41) is 10.6. The van der Waals surface area contributed by atoms with Crippen LogP contribution in [0.1, 0.15) is 18.5 Å². The van der Waals surface area contributed by atoms with E-state index in [-0.39, 0.29) is 30.9 Å². The molecule has 1 fully saturated rings.